The third-order valence-corrected chi connectivity index (χ3v) is 4.61. The normalized spacial score (nSPS) is 13.1. The fraction of sp³-hybridized carbons (Fsp3) is 0.250. The minimum atomic E-state index is -0.293. The van der Waals surface area contributed by atoms with Gasteiger partial charge in [-0.05, 0) is 56.2 Å². The Morgan fingerprint density at radius 1 is 1.04 bits per heavy atom. The Balaban J connectivity index is 1.56. The van der Waals surface area contributed by atoms with E-state index in [1.807, 2.05) is 19.9 Å². The van der Waals surface area contributed by atoms with Crippen LogP contribution in [0.25, 0.3) is 0 Å². The number of rotatable bonds is 5. The van der Waals surface area contributed by atoms with Crippen molar-refractivity contribution in [1.29, 1.82) is 0 Å². The van der Waals surface area contributed by atoms with E-state index in [1.54, 1.807) is 30.3 Å². The first-order valence-corrected chi connectivity index (χ1v) is 8.77. The lowest BCUT2D eigenvalue weighted by atomic mass is 10.1. The summed E-state index contributed by atoms with van der Waals surface area (Å²) in [6.07, 6.45) is 0.622. The second kappa shape index (κ2) is 7.30. The molecule has 0 radical (unpaired) electrons. The molecule has 0 unspecified atom stereocenters. The molecule has 134 valence electrons. The van der Waals surface area contributed by atoms with E-state index in [-0.39, 0.29) is 30.7 Å². The Morgan fingerprint density at radius 3 is 2.50 bits per heavy atom. The van der Waals surface area contributed by atoms with Crippen molar-refractivity contribution >= 4 is 35.0 Å². The van der Waals surface area contributed by atoms with Crippen LogP contribution in [0.5, 0.6) is 0 Å². The van der Waals surface area contributed by atoms with E-state index in [1.165, 1.54) is 4.90 Å². The van der Waals surface area contributed by atoms with Crippen LogP contribution in [0, 0.1) is 13.8 Å². The maximum Gasteiger partial charge on any atom is 0.261 e. The highest BCUT2D eigenvalue weighted by molar-refractivity contribution is 6.30. The van der Waals surface area contributed by atoms with E-state index in [4.69, 9.17) is 11.6 Å². The van der Waals surface area contributed by atoms with Crippen LogP contribution in [0.2, 0.25) is 5.02 Å². The van der Waals surface area contributed by atoms with E-state index >= 15 is 0 Å². The second-order valence-electron chi connectivity index (χ2n) is 6.42. The van der Waals surface area contributed by atoms with Crippen LogP contribution >= 0.6 is 11.6 Å². The number of amides is 3. The van der Waals surface area contributed by atoms with Crippen LogP contribution in [0.15, 0.2) is 36.4 Å². The Hall–Kier alpha value is -2.66. The summed E-state index contributed by atoms with van der Waals surface area (Å²) in [4.78, 5) is 38.1. The SMILES string of the molecule is Cc1ccc2c(c1)C(=O)N(CCCC(=O)Nc1ccc(Cl)cc1C)C2=O. The van der Waals surface area contributed by atoms with Gasteiger partial charge in [0.05, 0.1) is 11.1 Å². The number of carbonyl (C=O) groups is 3. The number of hydrogen-bond acceptors (Lipinski definition) is 3. The quantitative estimate of drug-likeness (QED) is 0.810. The zero-order valence-corrected chi connectivity index (χ0v) is 15.4. The van der Waals surface area contributed by atoms with Gasteiger partial charge in [-0.1, -0.05) is 23.2 Å². The molecule has 1 aliphatic rings. The fourth-order valence-corrected chi connectivity index (χ4v) is 3.21. The molecule has 1 heterocycles. The molecule has 1 N–H and O–H groups in total. The predicted octanol–water partition coefficient (Wildman–Crippen LogP) is 3.97. The summed E-state index contributed by atoms with van der Waals surface area (Å²) in [5.74, 6) is -0.746. The fourth-order valence-electron chi connectivity index (χ4n) is 2.99. The minimum absolute atomic E-state index is 0.164. The van der Waals surface area contributed by atoms with Gasteiger partial charge in [0, 0.05) is 23.7 Å². The zero-order chi connectivity index (χ0) is 18.8. The van der Waals surface area contributed by atoms with Gasteiger partial charge in [-0.3, -0.25) is 19.3 Å². The Labute approximate surface area is 156 Å². The lowest BCUT2D eigenvalue weighted by Crippen LogP contribution is -2.31. The zero-order valence-electron chi connectivity index (χ0n) is 14.6. The minimum Gasteiger partial charge on any atom is -0.326 e. The lowest BCUT2D eigenvalue weighted by Gasteiger charge is -2.14. The molecule has 3 rings (SSSR count). The number of hydrogen-bond donors (Lipinski definition) is 1. The van der Waals surface area contributed by atoms with Crippen LogP contribution in [0.3, 0.4) is 0 Å². The smallest absolute Gasteiger partial charge is 0.261 e. The first-order valence-electron chi connectivity index (χ1n) is 8.39. The number of nitrogens with one attached hydrogen (secondary N) is 1. The van der Waals surface area contributed by atoms with Gasteiger partial charge in [0.15, 0.2) is 0 Å². The maximum atomic E-state index is 12.4. The van der Waals surface area contributed by atoms with E-state index in [2.05, 4.69) is 5.32 Å². The molecule has 0 atom stereocenters. The number of halogens is 1. The molecule has 5 nitrogen and oxygen atoms in total. The van der Waals surface area contributed by atoms with Gasteiger partial charge in [-0.2, -0.15) is 0 Å². The molecule has 0 spiro atoms. The van der Waals surface area contributed by atoms with E-state index in [0.29, 0.717) is 28.3 Å². The molecule has 0 aliphatic carbocycles. The van der Waals surface area contributed by atoms with E-state index in [9.17, 15) is 14.4 Å². The molecule has 1 aliphatic heterocycles. The van der Waals surface area contributed by atoms with Crippen molar-refractivity contribution < 1.29 is 14.4 Å². The molecule has 2 aromatic carbocycles. The highest BCUT2D eigenvalue weighted by Gasteiger charge is 2.34. The van der Waals surface area contributed by atoms with Crippen molar-refractivity contribution in [3.63, 3.8) is 0 Å². The van der Waals surface area contributed by atoms with Gasteiger partial charge >= 0.3 is 0 Å². The molecule has 0 fully saturated rings. The first-order chi connectivity index (χ1) is 12.4. The average molecular weight is 371 g/mol. The molecule has 0 bridgehead atoms. The molecule has 0 saturated heterocycles. The van der Waals surface area contributed by atoms with Crippen LogP contribution in [-0.2, 0) is 4.79 Å². The third-order valence-electron chi connectivity index (χ3n) is 4.37. The van der Waals surface area contributed by atoms with Crippen LogP contribution in [0.4, 0.5) is 5.69 Å². The molecular weight excluding hydrogens is 352 g/mol. The highest BCUT2D eigenvalue weighted by atomic mass is 35.5. The summed E-state index contributed by atoms with van der Waals surface area (Å²) in [6.45, 7) is 3.96. The van der Waals surface area contributed by atoms with Crippen molar-refractivity contribution in [3.8, 4) is 0 Å². The number of benzene rings is 2. The summed E-state index contributed by atoms with van der Waals surface area (Å²) in [6, 6.07) is 10.5. The number of aryl methyl sites for hydroxylation is 2. The van der Waals surface area contributed by atoms with Crippen molar-refractivity contribution in [3.05, 3.63) is 63.7 Å². The number of carbonyl (C=O) groups excluding carboxylic acids is 3. The van der Waals surface area contributed by atoms with Gasteiger partial charge in [0.25, 0.3) is 11.8 Å². The highest BCUT2D eigenvalue weighted by Crippen LogP contribution is 2.24. The Morgan fingerprint density at radius 2 is 1.77 bits per heavy atom. The summed E-state index contributed by atoms with van der Waals surface area (Å²) in [5.41, 5.74) is 3.39. The van der Waals surface area contributed by atoms with Gasteiger partial charge in [-0.15, -0.1) is 0 Å². The van der Waals surface area contributed by atoms with Gasteiger partial charge in [-0.25, -0.2) is 0 Å². The number of nitrogens with zero attached hydrogens (tertiary/aromatic N) is 1. The second-order valence-corrected chi connectivity index (χ2v) is 6.86. The van der Waals surface area contributed by atoms with Gasteiger partial charge in [0.2, 0.25) is 5.91 Å². The lowest BCUT2D eigenvalue weighted by molar-refractivity contribution is -0.116. The van der Waals surface area contributed by atoms with E-state index in [0.717, 1.165) is 11.1 Å². The standard InChI is InChI=1S/C20H19ClN2O3/c1-12-5-7-15-16(10-12)20(26)23(19(15)25)9-3-4-18(24)22-17-8-6-14(21)11-13(17)2/h5-8,10-11H,3-4,9H2,1-2H3,(H,22,24). The number of anilines is 1. The van der Waals surface area contributed by atoms with Crippen molar-refractivity contribution in [2.75, 3.05) is 11.9 Å². The Kier molecular flexibility index (Phi) is 5.09. The summed E-state index contributed by atoms with van der Waals surface area (Å²) >= 11 is 5.90. The molecule has 0 saturated carbocycles. The van der Waals surface area contributed by atoms with Crippen molar-refractivity contribution in [2.24, 2.45) is 0 Å². The molecule has 2 aromatic rings. The van der Waals surface area contributed by atoms with Crippen molar-refractivity contribution in [2.45, 2.75) is 26.7 Å². The monoisotopic (exact) mass is 370 g/mol. The molecule has 0 aromatic heterocycles. The maximum absolute atomic E-state index is 12.4. The van der Waals surface area contributed by atoms with Crippen LogP contribution in [0.1, 0.15) is 44.7 Å². The average Bonchev–Trinajstić information content (AvgIpc) is 2.82. The summed E-state index contributed by atoms with van der Waals surface area (Å²) in [5, 5.41) is 3.44. The van der Waals surface area contributed by atoms with Crippen molar-refractivity contribution in [1.82, 2.24) is 4.90 Å². The van der Waals surface area contributed by atoms with E-state index < -0.39 is 0 Å². The third kappa shape index (κ3) is 3.63. The van der Waals surface area contributed by atoms with Gasteiger partial charge in [0.1, 0.15) is 0 Å². The Bertz CT molecular complexity index is 908. The number of fused-ring (bicyclic) bond motifs is 1. The summed E-state index contributed by atoms with van der Waals surface area (Å²) in [7, 11) is 0. The molecule has 3 amide bonds. The largest absolute Gasteiger partial charge is 0.326 e. The topological polar surface area (TPSA) is 66.5 Å². The molecular formula is C20H19ClN2O3. The predicted molar refractivity (Wildman–Crippen MR) is 101 cm³/mol. The van der Waals surface area contributed by atoms with Crippen LogP contribution < -0.4 is 5.32 Å². The first kappa shape index (κ1) is 18.1. The van der Waals surface area contributed by atoms with Crippen LogP contribution in [-0.4, -0.2) is 29.2 Å². The summed E-state index contributed by atoms with van der Waals surface area (Å²) < 4.78 is 0. The molecule has 6 heteroatoms. The number of imide groups is 1. The molecule has 26 heavy (non-hydrogen) atoms. The van der Waals surface area contributed by atoms with Gasteiger partial charge < -0.3 is 5.32 Å².